The van der Waals surface area contributed by atoms with Crippen LogP contribution in [0.1, 0.15) is 103 Å². The van der Waals surface area contributed by atoms with Crippen LogP contribution < -0.4 is 0 Å². The van der Waals surface area contributed by atoms with Gasteiger partial charge in [0, 0.05) is 0 Å². The van der Waals surface area contributed by atoms with E-state index in [2.05, 4.69) is 18.7 Å². The van der Waals surface area contributed by atoms with Crippen LogP contribution in [0.2, 0.25) is 0 Å². The Labute approximate surface area is 160 Å². The Balaban J connectivity index is 2.51. The fourth-order valence-corrected chi connectivity index (χ4v) is 3.47. The lowest BCUT2D eigenvalue weighted by molar-refractivity contribution is -0.144. The average molecular weight is 366 g/mol. The van der Waals surface area contributed by atoms with E-state index in [9.17, 15) is 9.90 Å². The van der Waals surface area contributed by atoms with E-state index >= 15 is 0 Å². The molecule has 0 radical (unpaired) electrons. The molecule has 1 N–H and O–H groups in total. The van der Waals surface area contributed by atoms with Gasteiger partial charge in [0.15, 0.2) is 6.04 Å². The van der Waals surface area contributed by atoms with Gasteiger partial charge in [-0.25, -0.2) is 0 Å². The molecule has 4 nitrogen and oxygen atoms in total. The molecule has 1 atom stereocenters. The smallest absolute Gasteiger partial charge is 0.328 e. The zero-order valence-corrected chi connectivity index (χ0v) is 16.9. The molecule has 0 aliphatic carbocycles. The second-order valence-electron chi connectivity index (χ2n) is 7.33. The Hall–Kier alpha value is -1.29. The van der Waals surface area contributed by atoms with Crippen molar-refractivity contribution >= 4 is 5.97 Å². The fourth-order valence-electron chi connectivity index (χ4n) is 3.47. The molecule has 0 bridgehead atoms. The zero-order valence-electron chi connectivity index (χ0n) is 16.9. The van der Waals surface area contributed by atoms with E-state index < -0.39 is 12.0 Å². The molecular formula is C22H39NO3. The topological polar surface area (TPSA) is 53.7 Å². The van der Waals surface area contributed by atoms with Crippen molar-refractivity contribution in [2.24, 2.45) is 0 Å². The van der Waals surface area contributed by atoms with Crippen molar-refractivity contribution in [1.29, 1.82) is 0 Å². The van der Waals surface area contributed by atoms with Crippen molar-refractivity contribution < 1.29 is 14.3 Å². The third kappa shape index (κ3) is 9.42. The first-order valence-corrected chi connectivity index (χ1v) is 10.7. The van der Waals surface area contributed by atoms with Gasteiger partial charge in [0.2, 0.25) is 0 Å². The Morgan fingerprint density at radius 2 is 1.42 bits per heavy atom. The highest BCUT2D eigenvalue weighted by Gasteiger charge is 2.29. The summed E-state index contributed by atoms with van der Waals surface area (Å²) in [5.74, 6) is -0.258. The summed E-state index contributed by atoms with van der Waals surface area (Å²) < 4.78 is 5.43. The van der Waals surface area contributed by atoms with Crippen LogP contribution in [0.15, 0.2) is 22.8 Å². The maximum atomic E-state index is 11.9. The maximum Gasteiger partial charge on any atom is 0.328 e. The standard InChI is InChI=1S/C22H39NO3/c1-3-5-7-9-11-13-17-23(18-14-12-10-8-6-4-2)21(22(24)25)20-16-15-19-26-20/h15-16,19,21H,3-14,17-18H2,1-2H3,(H,24,25). The summed E-state index contributed by atoms with van der Waals surface area (Å²) in [6, 6.07) is 2.91. The summed E-state index contributed by atoms with van der Waals surface area (Å²) in [4.78, 5) is 14.0. The van der Waals surface area contributed by atoms with E-state index in [1.807, 2.05) is 0 Å². The summed E-state index contributed by atoms with van der Waals surface area (Å²) in [6.45, 7) is 6.11. The molecule has 1 rings (SSSR count). The molecule has 0 fully saturated rings. The Kier molecular flexibility index (Phi) is 13.0. The third-order valence-electron chi connectivity index (χ3n) is 5.01. The molecule has 150 valence electrons. The van der Waals surface area contributed by atoms with Crippen LogP contribution in [-0.2, 0) is 4.79 Å². The number of nitrogens with zero attached hydrogens (tertiary/aromatic N) is 1. The molecule has 26 heavy (non-hydrogen) atoms. The van der Waals surface area contributed by atoms with Gasteiger partial charge < -0.3 is 9.52 Å². The van der Waals surface area contributed by atoms with E-state index in [-0.39, 0.29) is 0 Å². The Morgan fingerprint density at radius 3 is 1.85 bits per heavy atom. The van der Waals surface area contributed by atoms with Gasteiger partial charge in [0.25, 0.3) is 0 Å². The van der Waals surface area contributed by atoms with E-state index in [4.69, 9.17) is 4.42 Å². The Morgan fingerprint density at radius 1 is 0.923 bits per heavy atom. The monoisotopic (exact) mass is 365 g/mol. The number of hydrogen-bond acceptors (Lipinski definition) is 3. The van der Waals surface area contributed by atoms with Crippen molar-refractivity contribution in [3.05, 3.63) is 24.2 Å². The highest BCUT2D eigenvalue weighted by Crippen LogP contribution is 2.23. The lowest BCUT2D eigenvalue weighted by Gasteiger charge is -2.27. The van der Waals surface area contributed by atoms with Crippen LogP contribution in [0.5, 0.6) is 0 Å². The summed E-state index contributed by atoms with van der Waals surface area (Å²) in [6.07, 6.45) is 16.2. The van der Waals surface area contributed by atoms with Crippen molar-refractivity contribution in [3.63, 3.8) is 0 Å². The van der Waals surface area contributed by atoms with Gasteiger partial charge in [0.05, 0.1) is 6.26 Å². The molecule has 0 aliphatic rings. The second-order valence-corrected chi connectivity index (χ2v) is 7.33. The van der Waals surface area contributed by atoms with Crippen molar-refractivity contribution in [1.82, 2.24) is 4.90 Å². The Bertz CT molecular complexity index is 428. The number of hydrogen-bond donors (Lipinski definition) is 1. The summed E-state index contributed by atoms with van der Waals surface area (Å²) in [7, 11) is 0. The van der Waals surface area contributed by atoms with Gasteiger partial charge in [-0.2, -0.15) is 0 Å². The van der Waals surface area contributed by atoms with Crippen LogP contribution in [-0.4, -0.2) is 29.1 Å². The first kappa shape index (κ1) is 22.8. The number of unbranched alkanes of at least 4 members (excludes halogenated alkanes) is 10. The lowest BCUT2D eigenvalue weighted by Crippen LogP contribution is -2.35. The first-order chi connectivity index (χ1) is 12.7. The molecule has 4 heteroatoms. The molecule has 1 heterocycles. The largest absolute Gasteiger partial charge is 0.480 e. The minimum absolute atomic E-state index is 0.550. The van der Waals surface area contributed by atoms with Crippen molar-refractivity contribution in [2.75, 3.05) is 13.1 Å². The number of carboxylic acids is 1. The van der Waals surface area contributed by atoms with Crippen molar-refractivity contribution in [3.8, 4) is 0 Å². The summed E-state index contributed by atoms with van der Waals surface area (Å²) >= 11 is 0. The quantitative estimate of drug-likeness (QED) is 0.323. The number of rotatable bonds is 17. The molecule has 1 aromatic rings. The first-order valence-electron chi connectivity index (χ1n) is 10.7. The van der Waals surface area contributed by atoms with Crippen molar-refractivity contribution in [2.45, 2.75) is 96.9 Å². The highest BCUT2D eigenvalue weighted by molar-refractivity contribution is 5.74. The van der Waals surface area contributed by atoms with Crippen LogP contribution >= 0.6 is 0 Å². The van der Waals surface area contributed by atoms with Gasteiger partial charge in [-0.15, -0.1) is 0 Å². The van der Waals surface area contributed by atoms with Gasteiger partial charge in [-0.1, -0.05) is 78.1 Å². The van der Waals surface area contributed by atoms with Gasteiger partial charge in [-0.3, -0.25) is 9.69 Å². The number of carboxylic acid groups (broad SMARTS) is 1. The van der Waals surface area contributed by atoms with Crippen LogP contribution in [0, 0.1) is 0 Å². The van der Waals surface area contributed by atoms with Gasteiger partial charge in [0.1, 0.15) is 5.76 Å². The number of furan rings is 1. The lowest BCUT2D eigenvalue weighted by atomic mass is 10.1. The average Bonchev–Trinajstić information content (AvgIpc) is 3.14. The van der Waals surface area contributed by atoms with E-state index in [1.54, 1.807) is 18.4 Å². The normalized spacial score (nSPS) is 12.6. The molecule has 0 spiro atoms. The fraction of sp³-hybridized carbons (Fsp3) is 0.773. The van der Waals surface area contributed by atoms with Gasteiger partial charge >= 0.3 is 5.97 Å². The molecule has 0 amide bonds. The molecular weight excluding hydrogens is 326 g/mol. The minimum Gasteiger partial charge on any atom is -0.480 e. The summed E-state index contributed by atoms with van der Waals surface area (Å²) in [5.41, 5.74) is 0. The molecule has 0 aliphatic heterocycles. The molecule has 1 unspecified atom stereocenters. The summed E-state index contributed by atoms with van der Waals surface area (Å²) in [5, 5.41) is 9.76. The highest BCUT2D eigenvalue weighted by atomic mass is 16.4. The van der Waals surface area contributed by atoms with E-state index in [1.165, 1.54) is 64.2 Å². The second kappa shape index (κ2) is 14.8. The third-order valence-corrected chi connectivity index (χ3v) is 5.01. The molecule has 0 saturated heterocycles. The predicted molar refractivity (Wildman–Crippen MR) is 107 cm³/mol. The van der Waals surface area contributed by atoms with Crippen LogP contribution in [0.4, 0.5) is 0 Å². The van der Waals surface area contributed by atoms with E-state index in [0.717, 1.165) is 25.9 Å². The number of aliphatic carboxylic acids is 1. The molecule has 0 saturated carbocycles. The molecule has 0 aromatic carbocycles. The predicted octanol–water partition coefficient (Wildman–Crippen LogP) is 6.43. The minimum atomic E-state index is -0.808. The number of carbonyl (C=O) groups is 1. The molecule has 1 aromatic heterocycles. The van der Waals surface area contributed by atoms with Crippen LogP contribution in [0.3, 0.4) is 0 Å². The van der Waals surface area contributed by atoms with E-state index in [0.29, 0.717) is 5.76 Å². The SMILES string of the molecule is CCCCCCCCN(CCCCCCCC)C(C(=O)O)c1ccco1. The van der Waals surface area contributed by atoms with Gasteiger partial charge in [-0.05, 0) is 38.1 Å². The maximum absolute atomic E-state index is 11.9. The van der Waals surface area contributed by atoms with Crippen LogP contribution in [0.25, 0.3) is 0 Å². The zero-order chi connectivity index (χ0) is 19.0.